The largest absolute Gasteiger partial charge is 0.298 e. The van der Waals surface area contributed by atoms with Gasteiger partial charge in [0.1, 0.15) is 0 Å². The molecule has 0 saturated carbocycles. The maximum Gasteiger partial charge on any atom is 0.151 e. The molecule has 0 atom stereocenters. The molecule has 0 aromatic heterocycles. The van der Waals surface area contributed by atoms with E-state index in [-0.39, 0.29) is 0 Å². The van der Waals surface area contributed by atoms with E-state index in [9.17, 15) is 4.79 Å². The first kappa shape index (κ1) is 12.9. The Kier molecular flexibility index (Phi) is 3.84. The standard InChI is InChI=1S/C18H14OS/c19-12-17-16-9-5-4-8-15(16)10-11-18(17)20-13-14-6-2-1-3-7-14/h1-12H,13H2. The van der Waals surface area contributed by atoms with E-state index in [0.29, 0.717) is 0 Å². The van der Waals surface area contributed by atoms with Gasteiger partial charge in [-0.25, -0.2) is 0 Å². The molecule has 0 aliphatic rings. The predicted molar refractivity (Wildman–Crippen MR) is 85.3 cm³/mol. The Hall–Kier alpha value is -2.06. The summed E-state index contributed by atoms with van der Waals surface area (Å²) in [5, 5.41) is 2.14. The number of thioether (sulfide) groups is 1. The van der Waals surface area contributed by atoms with Crippen molar-refractivity contribution >= 4 is 28.8 Å². The third-order valence-corrected chi connectivity index (χ3v) is 4.43. The zero-order valence-electron chi connectivity index (χ0n) is 11.0. The molecule has 0 radical (unpaired) electrons. The lowest BCUT2D eigenvalue weighted by atomic mass is 10.1. The van der Waals surface area contributed by atoms with Crippen LogP contribution in [0, 0.1) is 0 Å². The molecule has 20 heavy (non-hydrogen) atoms. The summed E-state index contributed by atoms with van der Waals surface area (Å²) in [6.45, 7) is 0. The van der Waals surface area contributed by atoms with Crippen LogP contribution < -0.4 is 0 Å². The van der Waals surface area contributed by atoms with Crippen LogP contribution in [-0.4, -0.2) is 6.29 Å². The summed E-state index contributed by atoms with van der Waals surface area (Å²) in [4.78, 5) is 12.5. The Bertz CT molecular complexity index is 735. The molecular weight excluding hydrogens is 264 g/mol. The van der Waals surface area contributed by atoms with Crippen molar-refractivity contribution in [2.75, 3.05) is 0 Å². The summed E-state index contributed by atoms with van der Waals surface area (Å²) in [6.07, 6.45) is 0.968. The summed E-state index contributed by atoms with van der Waals surface area (Å²) >= 11 is 1.71. The van der Waals surface area contributed by atoms with E-state index < -0.39 is 0 Å². The third-order valence-electron chi connectivity index (χ3n) is 3.29. The molecule has 2 heteroatoms. The lowest BCUT2D eigenvalue weighted by Crippen LogP contribution is -1.89. The highest BCUT2D eigenvalue weighted by Gasteiger charge is 2.07. The molecule has 0 heterocycles. The highest BCUT2D eigenvalue weighted by Crippen LogP contribution is 2.30. The summed E-state index contributed by atoms with van der Waals surface area (Å²) in [5.41, 5.74) is 2.06. The molecule has 0 saturated heterocycles. The average molecular weight is 278 g/mol. The molecule has 3 aromatic rings. The van der Waals surface area contributed by atoms with Gasteiger partial charge in [-0.3, -0.25) is 4.79 Å². The van der Waals surface area contributed by atoms with Gasteiger partial charge in [-0.15, -0.1) is 11.8 Å². The van der Waals surface area contributed by atoms with Gasteiger partial charge in [0.15, 0.2) is 6.29 Å². The van der Waals surface area contributed by atoms with Gasteiger partial charge in [0, 0.05) is 16.2 Å². The lowest BCUT2D eigenvalue weighted by molar-refractivity contribution is 0.112. The second-order valence-corrected chi connectivity index (χ2v) is 5.61. The monoisotopic (exact) mass is 278 g/mol. The molecule has 0 unspecified atom stereocenters. The molecular formula is C18H14OS. The number of fused-ring (bicyclic) bond motifs is 1. The second kappa shape index (κ2) is 5.93. The van der Waals surface area contributed by atoms with Crippen molar-refractivity contribution in [1.82, 2.24) is 0 Å². The number of aldehydes is 1. The van der Waals surface area contributed by atoms with Gasteiger partial charge in [-0.1, -0.05) is 60.7 Å². The van der Waals surface area contributed by atoms with E-state index >= 15 is 0 Å². The average Bonchev–Trinajstić information content (AvgIpc) is 2.53. The van der Waals surface area contributed by atoms with Crippen LogP contribution in [0.4, 0.5) is 0 Å². The SMILES string of the molecule is O=Cc1c(SCc2ccccc2)ccc2ccccc12. The first-order valence-corrected chi connectivity index (χ1v) is 7.51. The van der Waals surface area contributed by atoms with Gasteiger partial charge in [0.05, 0.1) is 0 Å². The summed E-state index contributed by atoms with van der Waals surface area (Å²) < 4.78 is 0. The van der Waals surface area contributed by atoms with Crippen LogP contribution in [0.15, 0.2) is 71.6 Å². The minimum atomic E-state index is 0.795. The quantitative estimate of drug-likeness (QED) is 0.496. The van der Waals surface area contributed by atoms with Crippen molar-refractivity contribution in [1.29, 1.82) is 0 Å². The second-order valence-electron chi connectivity index (χ2n) is 4.59. The molecule has 1 nitrogen and oxygen atoms in total. The topological polar surface area (TPSA) is 17.1 Å². The minimum Gasteiger partial charge on any atom is -0.298 e. The van der Waals surface area contributed by atoms with Crippen LogP contribution in [-0.2, 0) is 5.75 Å². The number of rotatable bonds is 4. The Morgan fingerprint density at radius 2 is 1.60 bits per heavy atom. The number of hydrogen-bond acceptors (Lipinski definition) is 2. The molecule has 0 spiro atoms. The minimum absolute atomic E-state index is 0.795. The van der Waals surface area contributed by atoms with Gasteiger partial charge in [-0.05, 0) is 22.4 Å². The van der Waals surface area contributed by atoms with Gasteiger partial charge in [-0.2, -0.15) is 0 Å². The molecule has 0 aliphatic carbocycles. The molecule has 0 bridgehead atoms. The van der Waals surface area contributed by atoms with E-state index in [1.807, 2.05) is 48.5 Å². The fraction of sp³-hybridized carbons (Fsp3) is 0.0556. The van der Waals surface area contributed by atoms with Crippen LogP contribution in [0.5, 0.6) is 0 Å². The molecule has 3 aromatic carbocycles. The highest BCUT2D eigenvalue weighted by molar-refractivity contribution is 7.98. The first-order valence-electron chi connectivity index (χ1n) is 6.52. The van der Waals surface area contributed by atoms with Crippen molar-refractivity contribution in [3.05, 3.63) is 77.9 Å². The Labute approximate surface area is 122 Å². The first-order chi connectivity index (χ1) is 9.88. The van der Waals surface area contributed by atoms with E-state index in [2.05, 4.69) is 18.2 Å². The smallest absolute Gasteiger partial charge is 0.151 e. The Morgan fingerprint density at radius 1 is 0.850 bits per heavy atom. The van der Waals surface area contributed by atoms with Crippen molar-refractivity contribution < 1.29 is 4.79 Å². The number of benzene rings is 3. The van der Waals surface area contributed by atoms with Crippen molar-refractivity contribution in [2.24, 2.45) is 0 Å². The van der Waals surface area contributed by atoms with Gasteiger partial charge >= 0.3 is 0 Å². The van der Waals surface area contributed by atoms with E-state index in [0.717, 1.165) is 33.3 Å². The van der Waals surface area contributed by atoms with Crippen LogP contribution >= 0.6 is 11.8 Å². The van der Waals surface area contributed by atoms with Crippen LogP contribution in [0.1, 0.15) is 15.9 Å². The van der Waals surface area contributed by atoms with Crippen LogP contribution in [0.25, 0.3) is 10.8 Å². The predicted octanol–water partition coefficient (Wildman–Crippen LogP) is 4.94. The lowest BCUT2D eigenvalue weighted by Gasteiger charge is -2.08. The summed E-state index contributed by atoms with van der Waals surface area (Å²) in [7, 11) is 0. The van der Waals surface area contributed by atoms with E-state index in [4.69, 9.17) is 0 Å². The van der Waals surface area contributed by atoms with Crippen molar-refractivity contribution in [2.45, 2.75) is 10.6 Å². The number of carbonyl (C=O) groups is 1. The summed E-state index contributed by atoms with van der Waals surface area (Å²) in [6, 6.07) is 22.4. The van der Waals surface area contributed by atoms with Gasteiger partial charge in [0.25, 0.3) is 0 Å². The zero-order chi connectivity index (χ0) is 13.8. The Morgan fingerprint density at radius 3 is 2.40 bits per heavy atom. The van der Waals surface area contributed by atoms with Crippen molar-refractivity contribution in [3.63, 3.8) is 0 Å². The number of carbonyl (C=O) groups excluding carboxylic acids is 1. The maximum absolute atomic E-state index is 11.4. The van der Waals surface area contributed by atoms with Crippen LogP contribution in [0.3, 0.4) is 0 Å². The van der Waals surface area contributed by atoms with Gasteiger partial charge < -0.3 is 0 Å². The fourth-order valence-electron chi connectivity index (χ4n) is 2.26. The van der Waals surface area contributed by atoms with Crippen LogP contribution in [0.2, 0.25) is 0 Å². The molecule has 0 aliphatic heterocycles. The van der Waals surface area contributed by atoms with E-state index in [1.165, 1.54) is 5.56 Å². The molecule has 3 rings (SSSR count). The molecule has 98 valence electrons. The Balaban J connectivity index is 1.93. The third kappa shape index (κ3) is 2.61. The van der Waals surface area contributed by atoms with Gasteiger partial charge in [0.2, 0.25) is 0 Å². The van der Waals surface area contributed by atoms with Crippen molar-refractivity contribution in [3.8, 4) is 0 Å². The summed E-state index contributed by atoms with van der Waals surface area (Å²) in [5.74, 6) is 0.875. The highest BCUT2D eigenvalue weighted by atomic mass is 32.2. The molecule has 0 amide bonds. The zero-order valence-corrected chi connectivity index (χ0v) is 11.8. The fourth-order valence-corrected chi connectivity index (χ4v) is 3.25. The maximum atomic E-state index is 11.4. The molecule has 0 N–H and O–H groups in total. The normalized spacial score (nSPS) is 10.6. The molecule has 0 fully saturated rings. The van der Waals surface area contributed by atoms with E-state index in [1.54, 1.807) is 11.8 Å². The number of hydrogen-bond donors (Lipinski definition) is 0.